The number of carbonyl (C=O) groups is 1. The van der Waals surface area contributed by atoms with E-state index in [1.54, 1.807) is 18.4 Å². The number of hydrogen-bond acceptors (Lipinski definition) is 5. The van der Waals surface area contributed by atoms with Gasteiger partial charge in [0.15, 0.2) is 5.69 Å². The first-order valence-corrected chi connectivity index (χ1v) is 5.96. The Kier molecular flexibility index (Phi) is 5.77. The standard InChI is InChI=1S/C10H12N4O2S/c1-2-16-10(15)8-7-17-9(13-8)5-3-4-6-12-14-11/h3,5,7H,2,4,6H2,1H3. The van der Waals surface area contributed by atoms with Gasteiger partial charge in [0.25, 0.3) is 0 Å². The summed E-state index contributed by atoms with van der Waals surface area (Å²) in [4.78, 5) is 18.1. The zero-order valence-electron chi connectivity index (χ0n) is 9.37. The Morgan fingerprint density at radius 1 is 1.76 bits per heavy atom. The molecule has 7 heteroatoms. The van der Waals surface area contributed by atoms with Crippen molar-refractivity contribution in [2.24, 2.45) is 5.11 Å². The van der Waals surface area contributed by atoms with Crippen LogP contribution >= 0.6 is 11.3 Å². The maximum atomic E-state index is 11.3. The molecule has 0 aromatic carbocycles. The Balaban J connectivity index is 2.50. The molecule has 0 aliphatic heterocycles. The summed E-state index contributed by atoms with van der Waals surface area (Å²) in [5.41, 5.74) is 8.40. The van der Waals surface area contributed by atoms with Gasteiger partial charge < -0.3 is 4.74 Å². The Bertz CT molecular complexity index is 449. The number of thiazole rings is 1. The summed E-state index contributed by atoms with van der Waals surface area (Å²) in [5, 5.41) is 5.79. The largest absolute Gasteiger partial charge is 0.461 e. The maximum absolute atomic E-state index is 11.3. The van der Waals surface area contributed by atoms with E-state index in [1.165, 1.54) is 11.3 Å². The highest BCUT2D eigenvalue weighted by Gasteiger charge is 2.09. The molecule has 1 aromatic rings. The van der Waals surface area contributed by atoms with Crippen LogP contribution in [0.1, 0.15) is 28.8 Å². The van der Waals surface area contributed by atoms with E-state index in [4.69, 9.17) is 10.3 Å². The molecule has 17 heavy (non-hydrogen) atoms. The number of carbonyl (C=O) groups excluding carboxylic acids is 1. The summed E-state index contributed by atoms with van der Waals surface area (Å²) in [6.45, 7) is 2.51. The fourth-order valence-electron chi connectivity index (χ4n) is 1.02. The Labute approximate surface area is 103 Å². The second kappa shape index (κ2) is 7.43. The molecule has 1 aromatic heterocycles. The van der Waals surface area contributed by atoms with Crippen LogP contribution in [0.3, 0.4) is 0 Å². The average Bonchev–Trinajstić information content (AvgIpc) is 2.78. The summed E-state index contributed by atoms with van der Waals surface area (Å²) < 4.78 is 4.82. The number of rotatable bonds is 6. The van der Waals surface area contributed by atoms with Crippen LogP contribution in [0.15, 0.2) is 16.6 Å². The lowest BCUT2D eigenvalue weighted by Crippen LogP contribution is -2.04. The zero-order valence-corrected chi connectivity index (χ0v) is 10.2. The summed E-state index contributed by atoms with van der Waals surface area (Å²) in [5.74, 6) is -0.405. The highest BCUT2D eigenvalue weighted by Crippen LogP contribution is 2.12. The molecule has 1 heterocycles. The molecule has 0 aliphatic carbocycles. The van der Waals surface area contributed by atoms with Gasteiger partial charge in [-0.1, -0.05) is 11.2 Å². The van der Waals surface area contributed by atoms with E-state index in [9.17, 15) is 4.79 Å². The van der Waals surface area contributed by atoms with Crippen molar-refractivity contribution in [3.63, 3.8) is 0 Å². The molecule has 6 nitrogen and oxygen atoms in total. The van der Waals surface area contributed by atoms with Crippen molar-refractivity contribution in [3.8, 4) is 0 Å². The molecule has 0 amide bonds. The SMILES string of the molecule is CCOC(=O)c1csc(C=CCCN=[N+]=[N-])n1. The van der Waals surface area contributed by atoms with Gasteiger partial charge >= 0.3 is 5.97 Å². The number of hydrogen-bond donors (Lipinski definition) is 0. The van der Waals surface area contributed by atoms with Gasteiger partial charge in [-0.2, -0.15) is 0 Å². The number of aromatic nitrogens is 1. The maximum Gasteiger partial charge on any atom is 0.357 e. The molecule has 0 saturated heterocycles. The number of ether oxygens (including phenoxy) is 1. The minimum atomic E-state index is -0.405. The Morgan fingerprint density at radius 2 is 2.59 bits per heavy atom. The highest BCUT2D eigenvalue weighted by molar-refractivity contribution is 7.10. The zero-order chi connectivity index (χ0) is 12.5. The normalized spacial score (nSPS) is 10.2. The van der Waals surface area contributed by atoms with E-state index >= 15 is 0 Å². The Hall–Kier alpha value is -1.85. The summed E-state index contributed by atoms with van der Waals surface area (Å²) in [6.07, 6.45) is 4.29. The van der Waals surface area contributed by atoms with Crippen LogP contribution in [0, 0.1) is 0 Å². The third-order valence-corrected chi connectivity index (χ3v) is 2.54. The van der Waals surface area contributed by atoms with Gasteiger partial charge in [0.1, 0.15) is 5.01 Å². The monoisotopic (exact) mass is 252 g/mol. The lowest BCUT2D eigenvalue weighted by Gasteiger charge is -1.95. The van der Waals surface area contributed by atoms with E-state index < -0.39 is 5.97 Å². The molecule has 0 saturated carbocycles. The smallest absolute Gasteiger partial charge is 0.357 e. The van der Waals surface area contributed by atoms with Gasteiger partial charge in [-0.3, -0.25) is 0 Å². The van der Waals surface area contributed by atoms with Gasteiger partial charge in [-0.05, 0) is 25.0 Å². The highest BCUT2D eigenvalue weighted by atomic mass is 32.1. The molecule has 1 rings (SSSR count). The van der Waals surface area contributed by atoms with Crippen LogP contribution in [0.25, 0.3) is 16.5 Å². The predicted molar refractivity (Wildman–Crippen MR) is 65.7 cm³/mol. The molecule has 0 spiro atoms. The first-order valence-electron chi connectivity index (χ1n) is 5.08. The van der Waals surface area contributed by atoms with Crippen LogP contribution in [0.4, 0.5) is 0 Å². The van der Waals surface area contributed by atoms with E-state index in [1.807, 2.05) is 6.08 Å². The summed E-state index contributed by atoms with van der Waals surface area (Å²) in [7, 11) is 0. The number of nitrogens with zero attached hydrogens (tertiary/aromatic N) is 4. The summed E-state index contributed by atoms with van der Waals surface area (Å²) in [6, 6.07) is 0. The van der Waals surface area contributed by atoms with Gasteiger partial charge in [0.05, 0.1) is 6.61 Å². The minimum Gasteiger partial charge on any atom is -0.461 e. The molecule has 0 aliphatic rings. The predicted octanol–water partition coefficient (Wildman–Crippen LogP) is 3.03. The third kappa shape index (κ3) is 4.67. The number of esters is 1. The van der Waals surface area contributed by atoms with Gasteiger partial charge in [0.2, 0.25) is 0 Å². The van der Waals surface area contributed by atoms with Crippen LogP contribution in [-0.2, 0) is 4.74 Å². The van der Waals surface area contributed by atoms with Crippen molar-refractivity contribution in [1.82, 2.24) is 4.98 Å². The summed E-state index contributed by atoms with van der Waals surface area (Å²) >= 11 is 1.37. The lowest BCUT2D eigenvalue weighted by atomic mass is 10.4. The molecule has 0 N–H and O–H groups in total. The molecule has 0 fully saturated rings. The van der Waals surface area contributed by atoms with Crippen LogP contribution in [0.5, 0.6) is 0 Å². The van der Waals surface area contributed by atoms with E-state index in [-0.39, 0.29) is 0 Å². The van der Waals surface area contributed by atoms with Crippen LogP contribution in [0.2, 0.25) is 0 Å². The van der Waals surface area contributed by atoms with Crippen LogP contribution in [-0.4, -0.2) is 24.1 Å². The molecule has 0 atom stereocenters. The topological polar surface area (TPSA) is 88.0 Å². The fourth-order valence-corrected chi connectivity index (χ4v) is 1.73. The van der Waals surface area contributed by atoms with E-state index in [0.717, 1.165) is 5.01 Å². The molecular formula is C10H12N4O2S. The molecule has 90 valence electrons. The second-order valence-electron chi connectivity index (χ2n) is 2.94. The second-order valence-corrected chi connectivity index (χ2v) is 3.83. The van der Waals surface area contributed by atoms with E-state index in [0.29, 0.717) is 25.3 Å². The fraction of sp³-hybridized carbons (Fsp3) is 0.400. The van der Waals surface area contributed by atoms with Crippen molar-refractivity contribution < 1.29 is 9.53 Å². The van der Waals surface area contributed by atoms with Gasteiger partial charge in [0, 0.05) is 16.8 Å². The molecule has 0 radical (unpaired) electrons. The Morgan fingerprint density at radius 3 is 3.29 bits per heavy atom. The van der Waals surface area contributed by atoms with E-state index in [2.05, 4.69) is 15.0 Å². The average molecular weight is 252 g/mol. The van der Waals surface area contributed by atoms with Crippen molar-refractivity contribution in [2.75, 3.05) is 13.2 Å². The molecular weight excluding hydrogens is 240 g/mol. The first kappa shape index (κ1) is 13.2. The lowest BCUT2D eigenvalue weighted by molar-refractivity contribution is 0.0520. The van der Waals surface area contributed by atoms with Crippen LogP contribution < -0.4 is 0 Å². The minimum absolute atomic E-state index is 0.326. The quantitative estimate of drug-likeness (QED) is 0.256. The first-order chi connectivity index (χ1) is 8.27. The van der Waals surface area contributed by atoms with Crippen molar-refractivity contribution >= 4 is 23.4 Å². The third-order valence-electron chi connectivity index (χ3n) is 1.73. The molecule has 0 bridgehead atoms. The number of azide groups is 1. The van der Waals surface area contributed by atoms with Crippen molar-refractivity contribution in [1.29, 1.82) is 0 Å². The molecule has 0 unspecified atom stereocenters. The van der Waals surface area contributed by atoms with Gasteiger partial charge in [-0.25, -0.2) is 9.78 Å². The van der Waals surface area contributed by atoms with Crippen molar-refractivity contribution in [2.45, 2.75) is 13.3 Å². The van der Waals surface area contributed by atoms with Gasteiger partial charge in [-0.15, -0.1) is 11.3 Å². The van der Waals surface area contributed by atoms with Crippen molar-refractivity contribution in [3.05, 3.63) is 32.6 Å².